The van der Waals surface area contributed by atoms with E-state index in [1.54, 1.807) is 25.6 Å². The van der Waals surface area contributed by atoms with Crippen molar-refractivity contribution in [2.45, 2.75) is 23.3 Å². The standard InChI is InChI=1S/C20H21N7OS2/c1-28-10-9-21-19(29)26-18-24-16(27-12-14-5-2-3-6-15(14)13-27)11-17(25-18)30-20-22-7-4-8-23-20/h2-8,11H,9-10,12-13H2,1H3,(H2,21,24,25,26,29). The predicted molar refractivity (Wildman–Crippen MR) is 121 cm³/mol. The monoisotopic (exact) mass is 439 g/mol. The lowest BCUT2D eigenvalue weighted by atomic mass is 10.1. The SMILES string of the molecule is COCCNC(=S)Nc1nc(Sc2ncccn2)cc(N2Cc3ccccc3C2)n1. The lowest BCUT2D eigenvalue weighted by molar-refractivity contribution is 0.204. The largest absolute Gasteiger partial charge is 0.383 e. The van der Waals surface area contributed by atoms with E-state index in [0.29, 0.717) is 29.4 Å². The van der Waals surface area contributed by atoms with E-state index in [1.807, 2.05) is 6.07 Å². The third kappa shape index (κ3) is 5.21. The minimum atomic E-state index is 0.428. The van der Waals surface area contributed by atoms with Crippen molar-refractivity contribution in [3.05, 3.63) is 59.9 Å². The molecule has 10 heteroatoms. The van der Waals surface area contributed by atoms with E-state index in [0.717, 1.165) is 23.9 Å². The van der Waals surface area contributed by atoms with Gasteiger partial charge in [-0.05, 0) is 41.2 Å². The van der Waals surface area contributed by atoms with Gasteiger partial charge in [-0.2, -0.15) is 4.98 Å². The minimum Gasteiger partial charge on any atom is -0.383 e. The third-order valence-electron chi connectivity index (χ3n) is 4.41. The van der Waals surface area contributed by atoms with E-state index in [4.69, 9.17) is 21.9 Å². The first kappa shape index (κ1) is 20.5. The highest BCUT2D eigenvalue weighted by atomic mass is 32.2. The maximum Gasteiger partial charge on any atom is 0.232 e. The number of thiocarbonyl (C=S) groups is 1. The number of aromatic nitrogens is 4. The van der Waals surface area contributed by atoms with Crippen LogP contribution in [0.5, 0.6) is 0 Å². The van der Waals surface area contributed by atoms with Gasteiger partial charge < -0.3 is 20.3 Å². The topological polar surface area (TPSA) is 88.1 Å². The molecule has 2 aromatic heterocycles. The van der Waals surface area contributed by atoms with Crippen LogP contribution in [0.1, 0.15) is 11.1 Å². The lowest BCUT2D eigenvalue weighted by Gasteiger charge is -2.18. The van der Waals surface area contributed by atoms with E-state index >= 15 is 0 Å². The first-order valence-electron chi connectivity index (χ1n) is 9.41. The first-order chi connectivity index (χ1) is 14.7. The second kappa shape index (κ2) is 9.79. The third-order valence-corrected chi connectivity index (χ3v) is 5.47. The summed E-state index contributed by atoms with van der Waals surface area (Å²) in [6, 6.07) is 12.2. The van der Waals surface area contributed by atoms with Crippen LogP contribution in [0.4, 0.5) is 11.8 Å². The van der Waals surface area contributed by atoms with Crippen LogP contribution in [0.3, 0.4) is 0 Å². The molecule has 4 rings (SSSR count). The number of hydrogen-bond acceptors (Lipinski definition) is 8. The second-order valence-corrected chi connectivity index (χ2v) is 7.92. The average Bonchev–Trinajstić information content (AvgIpc) is 3.19. The van der Waals surface area contributed by atoms with Gasteiger partial charge in [0, 0.05) is 45.2 Å². The van der Waals surface area contributed by atoms with Crippen molar-refractivity contribution in [2.75, 3.05) is 30.5 Å². The highest BCUT2D eigenvalue weighted by molar-refractivity contribution is 7.99. The van der Waals surface area contributed by atoms with Gasteiger partial charge in [-0.1, -0.05) is 24.3 Å². The number of methoxy groups -OCH3 is 1. The summed E-state index contributed by atoms with van der Waals surface area (Å²) in [6.07, 6.45) is 3.42. The predicted octanol–water partition coefficient (Wildman–Crippen LogP) is 2.87. The number of ether oxygens (including phenoxy) is 1. The van der Waals surface area contributed by atoms with Crippen LogP contribution in [0, 0.1) is 0 Å². The molecule has 8 nitrogen and oxygen atoms in total. The summed E-state index contributed by atoms with van der Waals surface area (Å²) in [4.78, 5) is 20.1. The molecule has 30 heavy (non-hydrogen) atoms. The normalized spacial score (nSPS) is 12.5. The quantitative estimate of drug-likeness (QED) is 0.248. The van der Waals surface area contributed by atoms with Gasteiger partial charge >= 0.3 is 0 Å². The van der Waals surface area contributed by atoms with Crippen LogP contribution < -0.4 is 15.5 Å². The Hall–Kier alpha value is -2.82. The van der Waals surface area contributed by atoms with Crippen LogP contribution in [-0.2, 0) is 17.8 Å². The average molecular weight is 440 g/mol. The molecule has 3 aromatic rings. The Bertz CT molecular complexity index is 994. The summed E-state index contributed by atoms with van der Waals surface area (Å²) in [5.41, 5.74) is 2.62. The smallest absolute Gasteiger partial charge is 0.232 e. The number of fused-ring (bicyclic) bond motifs is 1. The van der Waals surface area contributed by atoms with Crippen molar-refractivity contribution < 1.29 is 4.74 Å². The number of anilines is 2. The van der Waals surface area contributed by atoms with Gasteiger partial charge in [-0.3, -0.25) is 0 Å². The Morgan fingerprint density at radius 1 is 1.13 bits per heavy atom. The number of benzene rings is 1. The van der Waals surface area contributed by atoms with Crippen LogP contribution >= 0.6 is 24.0 Å². The molecule has 1 aliphatic rings. The first-order valence-corrected chi connectivity index (χ1v) is 10.6. The maximum atomic E-state index is 5.35. The molecule has 0 bridgehead atoms. The summed E-state index contributed by atoms with van der Waals surface area (Å²) in [5, 5.41) is 7.96. The fraction of sp³-hybridized carbons (Fsp3) is 0.250. The fourth-order valence-corrected chi connectivity index (χ4v) is 3.93. The van der Waals surface area contributed by atoms with Crippen molar-refractivity contribution in [1.29, 1.82) is 0 Å². The van der Waals surface area contributed by atoms with Gasteiger partial charge in [0.15, 0.2) is 10.3 Å². The molecule has 0 unspecified atom stereocenters. The molecule has 1 aliphatic heterocycles. The van der Waals surface area contributed by atoms with Crippen molar-refractivity contribution in [2.24, 2.45) is 0 Å². The highest BCUT2D eigenvalue weighted by Crippen LogP contribution is 2.31. The molecule has 0 spiro atoms. The summed E-state index contributed by atoms with van der Waals surface area (Å²) in [6.45, 7) is 2.76. The molecule has 2 N–H and O–H groups in total. The zero-order valence-electron chi connectivity index (χ0n) is 16.4. The Labute approximate surface area is 184 Å². The Kier molecular flexibility index (Phi) is 6.67. The molecule has 154 valence electrons. The summed E-state index contributed by atoms with van der Waals surface area (Å²) in [7, 11) is 1.65. The molecule has 0 atom stereocenters. The van der Waals surface area contributed by atoms with E-state index in [9.17, 15) is 0 Å². The fourth-order valence-electron chi connectivity index (χ4n) is 3.02. The highest BCUT2D eigenvalue weighted by Gasteiger charge is 2.21. The molecule has 0 aliphatic carbocycles. The molecule has 0 saturated heterocycles. The second-order valence-electron chi connectivity index (χ2n) is 6.52. The number of hydrogen-bond donors (Lipinski definition) is 2. The van der Waals surface area contributed by atoms with Gasteiger partial charge in [-0.15, -0.1) is 0 Å². The number of rotatable bonds is 7. The van der Waals surface area contributed by atoms with Crippen LogP contribution in [0.25, 0.3) is 0 Å². The van der Waals surface area contributed by atoms with Crippen LogP contribution in [0.15, 0.2) is 59.0 Å². The number of nitrogens with zero attached hydrogens (tertiary/aromatic N) is 5. The van der Waals surface area contributed by atoms with Crippen molar-refractivity contribution >= 4 is 40.9 Å². The molecular weight excluding hydrogens is 418 g/mol. The van der Waals surface area contributed by atoms with E-state index in [-0.39, 0.29) is 0 Å². The zero-order chi connectivity index (χ0) is 20.8. The molecule has 0 fully saturated rings. The lowest BCUT2D eigenvalue weighted by Crippen LogP contribution is -2.32. The van der Waals surface area contributed by atoms with Gasteiger partial charge in [0.2, 0.25) is 5.95 Å². The minimum absolute atomic E-state index is 0.428. The van der Waals surface area contributed by atoms with Gasteiger partial charge in [0.1, 0.15) is 10.8 Å². The van der Waals surface area contributed by atoms with Gasteiger partial charge in [0.05, 0.1) is 6.61 Å². The number of nitrogens with one attached hydrogen (secondary N) is 2. The van der Waals surface area contributed by atoms with Gasteiger partial charge in [-0.25, -0.2) is 15.0 Å². The van der Waals surface area contributed by atoms with Crippen molar-refractivity contribution in [3.63, 3.8) is 0 Å². The Balaban J connectivity index is 1.57. The molecular formula is C20H21N7OS2. The molecule has 3 heterocycles. The van der Waals surface area contributed by atoms with Crippen molar-refractivity contribution in [1.82, 2.24) is 25.3 Å². The molecule has 1 aromatic carbocycles. The molecule has 0 saturated carbocycles. The summed E-state index contributed by atoms with van der Waals surface area (Å²) in [5.74, 6) is 1.25. The van der Waals surface area contributed by atoms with E-state index in [1.165, 1.54) is 22.9 Å². The maximum absolute atomic E-state index is 5.35. The van der Waals surface area contributed by atoms with E-state index in [2.05, 4.69) is 54.8 Å². The molecule has 0 amide bonds. The van der Waals surface area contributed by atoms with Gasteiger partial charge in [0.25, 0.3) is 0 Å². The summed E-state index contributed by atoms with van der Waals surface area (Å²) >= 11 is 6.74. The summed E-state index contributed by atoms with van der Waals surface area (Å²) < 4.78 is 5.04. The van der Waals surface area contributed by atoms with Crippen LogP contribution in [0.2, 0.25) is 0 Å². The zero-order valence-corrected chi connectivity index (χ0v) is 18.0. The van der Waals surface area contributed by atoms with E-state index < -0.39 is 0 Å². The Morgan fingerprint density at radius 2 is 1.87 bits per heavy atom. The van der Waals surface area contributed by atoms with Crippen molar-refractivity contribution in [3.8, 4) is 0 Å². The molecule has 0 radical (unpaired) electrons. The van der Waals surface area contributed by atoms with Crippen LogP contribution in [-0.4, -0.2) is 45.3 Å². The Morgan fingerprint density at radius 3 is 2.57 bits per heavy atom.